The summed E-state index contributed by atoms with van der Waals surface area (Å²) in [4.78, 5) is 0. The van der Waals surface area contributed by atoms with Crippen molar-refractivity contribution < 1.29 is 4.42 Å². The van der Waals surface area contributed by atoms with E-state index >= 15 is 0 Å². The number of hydrogen-bond donors (Lipinski definition) is 0. The summed E-state index contributed by atoms with van der Waals surface area (Å²) in [5.74, 6) is 0. The van der Waals surface area contributed by atoms with Gasteiger partial charge in [0.1, 0.15) is 0 Å². The van der Waals surface area contributed by atoms with Gasteiger partial charge in [0.2, 0.25) is 12.0 Å². The van der Waals surface area contributed by atoms with Gasteiger partial charge in [-0.2, -0.15) is 0 Å². The van der Waals surface area contributed by atoms with Crippen molar-refractivity contribution in [2.24, 2.45) is 0 Å². The summed E-state index contributed by atoms with van der Waals surface area (Å²) in [6.07, 6.45) is 1.28. The fraction of sp³-hybridized carbons (Fsp3) is 0. The number of nitrogens with zero attached hydrogens (tertiary/aromatic N) is 2. The van der Waals surface area contributed by atoms with Gasteiger partial charge in [-0.25, -0.2) is 0 Å². The Hall–Kier alpha value is -0.430. The maximum absolute atomic E-state index is 4.57. The van der Waals surface area contributed by atoms with Crippen molar-refractivity contribution in [2.45, 2.75) is 0 Å². The summed E-state index contributed by atoms with van der Waals surface area (Å²) < 4.78 is 4.57. The molecule has 32 valence electrons. The Balaban J connectivity index is 3.05. The lowest BCUT2D eigenvalue weighted by Crippen LogP contribution is -1.85. The largest absolute Gasteiger partial charge is 0.425 e. The highest BCUT2D eigenvalue weighted by molar-refractivity contribution is 7.26. The third-order valence-electron chi connectivity index (χ3n) is 0.377. The second-order valence-electron chi connectivity index (χ2n) is 0.777. The van der Waals surface area contributed by atoms with Gasteiger partial charge in [0.15, 0.2) is 0 Å². The van der Waals surface area contributed by atoms with E-state index in [0.717, 1.165) is 0 Å². The molecule has 1 aromatic rings. The van der Waals surface area contributed by atoms with Gasteiger partial charge in [-0.1, -0.05) is 0 Å². The lowest BCUT2D eigenvalue weighted by atomic mass is 11.5. The van der Waals surface area contributed by atoms with Crippen molar-refractivity contribution in [3.05, 3.63) is 6.39 Å². The molecule has 1 rings (SSSR count). The van der Waals surface area contributed by atoms with Gasteiger partial charge < -0.3 is 4.42 Å². The van der Waals surface area contributed by atoms with Crippen molar-refractivity contribution in [2.75, 3.05) is 0 Å². The van der Waals surface area contributed by atoms with E-state index in [-0.39, 0.29) is 0 Å². The molecule has 0 bridgehead atoms. The first-order valence-electron chi connectivity index (χ1n) is 1.41. The molecule has 6 heavy (non-hydrogen) atoms. The van der Waals surface area contributed by atoms with E-state index in [9.17, 15) is 0 Å². The predicted molar refractivity (Wildman–Crippen MR) is 23.6 cm³/mol. The molecule has 0 radical (unpaired) electrons. The van der Waals surface area contributed by atoms with Gasteiger partial charge in [-0.05, 0) is 9.24 Å². The fourth-order valence-corrected chi connectivity index (χ4v) is 0.309. The zero-order valence-corrected chi connectivity index (χ0v) is 4.11. The molecule has 4 heteroatoms. The topological polar surface area (TPSA) is 38.9 Å². The standard InChI is InChI=1S/C2H3N2OP/c6-2-4-3-1-5-2/h1H,6H2. The SMILES string of the molecule is Pc1nnco1. The lowest BCUT2D eigenvalue weighted by molar-refractivity contribution is 0.590. The molecule has 0 spiro atoms. The molecule has 0 aliphatic rings. The van der Waals surface area contributed by atoms with Gasteiger partial charge in [-0.15, -0.1) is 10.2 Å². The van der Waals surface area contributed by atoms with Crippen LogP contribution in [0.25, 0.3) is 0 Å². The van der Waals surface area contributed by atoms with Crippen LogP contribution in [0.2, 0.25) is 0 Å². The smallest absolute Gasteiger partial charge is 0.231 e. The molecule has 1 aromatic heterocycles. The Labute approximate surface area is 37.0 Å². The number of hydrogen-bond acceptors (Lipinski definition) is 3. The summed E-state index contributed by atoms with van der Waals surface area (Å²) >= 11 is 0. The highest BCUT2D eigenvalue weighted by Crippen LogP contribution is 1.76. The summed E-state index contributed by atoms with van der Waals surface area (Å²) in [6, 6.07) is 0. The second kappa shape index (κ2) is 1.35. The third kappa shape index (κ3) is 0.546. The summed E-state index contributed by atoms with van der Waals surface area (Å²) in [7, 11) is 2.28. The van der Waals surface area contributed by atoms with Crippen molar-refractivity contribution in [3.63, 3.8) is 0 Å². The normalized spacial score (nSPS) is 8.83. The average molecular weight is 102 g/mol. The monoisotopic (exact) mass is 102 g/mol. The summed E-state index contributed by atoms with van der Waals surface area (Å²) in [5, 5.41) is 6.85. The molecule has 1 atom stereocenters. The number of rotatable bonds is 0. The molecule has 0 aliphatic carbocycles. The van der Waals surface area contributed by atoms with Crippen LogP contribution in [0.4, 0.5) is 0 Å². The first-order chi connectivity index (χ1) is 2.89. The molecule has 0 aliphatic heterocycles. The molecule has 3 nitrogen and oxygen atoms in total. The Morgan fingerprint density at radius 3 is 2.83 bits per heavy atom. The molecule has 0 aromatic carbocycles. The van der Waals surface area contributed by atoms with Crippen LogP contribution in [0.1, 0.15) is 0 Å². The number of aromatic nitrogens is 2. The maximum atomic E-state index is 4.57. The van der Waals surface area contributed by atoms with Crippen LogP contribution < -0.4 is 5.63 Å². The van der Waals surface area contributed by atoms with Gasteiger partial charge in [0, 0.05) is 0 Å². The van der Waals surface area contributed by atoms with Crippen LogP contribution in [-0.4, -0.2) is 10.2 Å². The van der Waals surface area contributed by atoms with Crippen molar-refractivity contribution >= 4 is 14.9 Å². The van der Waals surface area contributed by atoms with E-state index in [0.29, 0.717) is 5.63 Å². The molecular weight excluding hydrogens is 99.0 g/mol. The van der Waals surface area contributed by atoms with E-state index in [1.807, 2.05) is 0 Å². The van der Waals surface area contributed by atoms with Crippen LogP contribution in [0.3, 0.4) is 0 Å². The van der Waals surface area contributed by atoms with Crippen LogP contribution in [-0.2, 0) is 0 Å². The zero-order valence-electron chi connectivity index (χ0n) is 2.96. The highest BCUT2D eigenvalue weighted by Gasteiger charge is 1.79. The average Bonchev–Trinajstić information content (AvgIpc) is 1.86. The van der Waals surface area contributed by atoms with Crippen LogP contribution in [0.15, 0.2) is 10.8 Å². The van der Waals surface area contributed by atoms with Crippen molar-refractivity contribution in [1.29, 1.82) is 0 Å². The van der Waals surface area contributed by atoms with Gasteiger partial charge in [0.25, 0.3) is 0 Å². The molecule has 0 amide bonds. The first kappa shape index (κ1) is 3.75. The summed E-state index contributed by atoms with van der Waals surface area (Å²) in [5.41, 5.74) is 0.523. The maximum Gasteiger partial charge on any atom is 0.231 e. The molecule has 0 fully saturated rings. The Bertz CT molecular complexity index is 115. The first-order valence-corrected chi connectivity index (χ1v) is 1.99. The lowest BCUT2D eigenvalue weighted by Gasteiger charge is -1.63. The van der Waals surface area contributed by atoms with E-state index in [1.54, 1.807) is 0 Å². The highest BCUT2D eigenvalue weighted by atomic mass is 31.0. The van der Waals surface area contributed by atoms with E-state index in [1.165, 1.54) is 6.39 Å². The Morgan fingerprint density at radius 1 is 1.83 bits per heavy atom. The van der Waals surface area contributed by atoms with Crippen molar-refractivity contribution in [1.82, 2.24) is 10.2 Å². The molecule has 0 saturated heterocycles. The van der Waals surface area contributed by atoms with Crippen LogP contribution in [0, 0.1) is 0 Å². The zero-order chi connectivity index (χ0) is 4.41. The molecule has 1 unspecified atom stereocenters. The predicted octanol–water partition coefficient (Wildman–Crippen LogP) is -0.430. The summed E-state index contributed by atoms with van der Waals surface area (Å²) in [6.45, 7) is 0. The fourth-order valence-electron chi connectivity index (χ4n) is 0.182. The van der Waals surface area contributed by atoms with Gasteiger partial charge >= 0.3 is 0 Å². The van der Waals surface area contributed by atoms with E-state index in [2.05, 4.69) is 23.9 Å². The van der Waals surface area contributed by atoms with Crippen LogP contribution in [0.5, 0.6) is 0 Å². The van der Waals surface area contributed by atoms with E-state index < -0.39 is 0 Å². The minimum absolute atomic E-state index is 0.523. The molecular formula is C2H3N2OP. The second-order valence-corrected chi connectivity index (χ2v) is 1.27. The molecule has 0 saturated carbocycles. The van der Waals surface area contributed by atoms with Crippen LogP contribution >= 0.6 is 9.24 Å². The minimum Gasteiger partial charge on any atom is -0.425 e. The minimum atomic E-state index is 0.523. The molecule has 0 N–H and O–H groups in total. The Kier molecular flexibility index (Phi) is 0.843. The van der Waals surface area contributed by atoms with Gasteiger partial charge in [-0.3, -0.25) is 0 Å². The quantitative estimate of drug-likeness (QED) is 0.417. The van der Waals surface area contributed by atoms with E-state index in [4.69, 9.17) is 0 Å². The third-order valence-corrected chi connectivity index (χ3v) is 0.628. The molecule has 1 heterocycles. The Morgan fingerprint density at radius 2 is 2.67 bits per heavy atom. The van der Waals surface area contributed by atoms with Gasteiger partial charge in [0.05, 0.1) is 0 Å². The van der Waals surface area contributed by atoms with Crippen molar-refractivity contribution in [3.8, 4) is 0 Å².